The van der Waals surface area contributed by atoms with Crippen molar-refractivity contribution in [3.8, 4) is 0 Å². The summed E-state index contributed by atoms with van der Waals surface area (Å²) in [4.78, 5) is 14.4. The van der Waals surface area contributed by atoms with Crippen molar-refractivity contribution in [3.63, 3.8) is 0 Å². The first kappa shape index (κ1) is 14.4. The summed E-state index contributed by atoms with van der Waals surface area (Å²) in [5.41, 5.74) is 0.879. The first-order chi connectivity index (χ1) is 9.11. The van der Waals surface area contributed by atoms with Crippen LogP contribution in [0.25, 0.3) is 0 Å². The molecule has 0 heterocycles. The lowest BCUT2D eigenvalue weighted by atomic mass is 9.85. The van der Waals surface area contributed by atoms with Crippen LogP contribution in [-0.2, 0) is 4.79 Å². The lowest BCUT2D eigenvalue weighted by molar-refractivity contribution is -0.133. The zero-order chi connectivity index (χ0) is 13.8. The molecule has 0 aromatic heterocycles. The van der Waals surface area contributed by atoms with Gasteiger partial charge in [0, 0.05) is 13.1 Å². The Hall–Kier alpha value is -1.02. The molecule has 1 saturated carbocycles. The Labute approximate surface area is 120 Å². The molecule has 0 bridgehead atoms. The molecule has 1 aliphatic rings. The van der Waals surface area contributed by atoms with Crippen molar-refractivity contribution < 1.29 is 4.79 Å². The van der Waals surface area contributed by atoms with Gasteiger partial charge in [0.2, 0.25) is 5.91 Å². The second-order valence-corrected chi connectivity index (χ2v) is 5.99. The maximum absolute atomic E-state index is 12.5. The van der Waals surface area contributed by atoms with E-state index in [1.54, 1.807) is 0 Å². The number of nitrogens with zero attached hydrogens (tertiary/aromatic N) is 1. The standard InChI is InChI=1S/C16H22ClNO/c1-12-8-6-7-11-14(12)18(2)16(19)15(17)13-9-4-3-5-10-13/h3-5,9-10,12,14-15H,6-8,11H2,1-2H3. The number of carbonyl (C=O) groups is 1. The van der Waals surface area contributed by atoms with Gasteiger partial charge in [-0.3, -0.25) is 4.79 Å². The molecule has 3 unspecified atom stereocenters. The number of amides is 1. The summed E-state index contributed by atoms with van der Waals surface area (Å²) < 4.78 is 0. The van der Waals surface area contributed by atoms with Crippen LogP contribution in [-0.4, -0.2) is 23.9 Å². The molecule has 0 spiro atoms. The van der Waals surface area contributed by atoms with E-state index in [-0.39, 0.29) is 5.91 Å². The van der Waals surface area contributed by atoms with Crippen molar-refractivity contribution >= 4 is 17.5 Å². The number of halogens is 1. The van der Waals surface area contributed by atoms with Crippen LogP contribution in [0, 0.1) is 5.92 Å². The first-order valence-corrected chi connectivity index (χ1v) is 7.50. The minimum absolute atomic E-state index is 0.0200. The molecule has 19 heavy (non-hydrogen) atoms. The average Bonchev–Trinajstić information content (AvgIpc) is 2.46. The molecule has 0 saturated heterocycles. The lowest BCUT2D eigenvalue weighted by Gasteiger charge is -2.37. The van der Waals surface area contributed by atoms with Crippen LogP contribution in [0.2, 0.25) is 0 Å². The largest absolute Gasteiger partial charge is 0.341 e. The molecule has 3 atom stereocenters. The number of carbonyl (C=O) groups excluding carboxylic acids is 1. The van der Waals surface area contributed by atoms with E-state index < -0.39 is 5.38 Å². The predicted molar refractivity (Wildman–Crippen MR) is 79.2 cm³/mol. The van der Waals surface area contributed by atoms with Crippen LogP contribution in [0.5, 0.6) is 0 Å². The van der Waals surface area contributed by atoms with E-state index in [0.717, 1.165) is 12.0 Å². The second-order valence-electron chi connectivity index (χ2n) is 5.55. The van der Waals surface area contributed by atoms with Gasteiger partial charge in [0.1, 0.15) is 5.38 Å². The van der Waals surface area contributed by atoms with Crippen LogP contribution >= 0.6 is 11.6 Å². The van der Waals surface area contributed by atoms with Crippen molar-refractivity contribution in [2.45, 2.75) is 44.0 Å². The highest BCUT2D eigenvalue weighted by atomic mass is 35.5. The smallest absolute Gasteiger partial charge is 0.245 e. The third-order valence-electron chi connectivity index (χ3n) is 4.22. The van der Waals surface area contributed by atoms with Crippen LogP contribution in [0.3, 0.4) is 0 Å². The number of rotatable bonds is 3. The Kier molecular flexibility index (Phi) is 4.87. The Bertz CT molecular complexity index is 420. The first-order valence-electron chi connectivity index (χ1n) is 7.07. The predicted octanol–water partition coefficient (Wildman–Crippen LogP) is 4.00. The van der Waals surface area contributed by atoms with Gasteiger partial charge in [-0.15, -0.1) is 11.6 Å². The Balaban J connectivity index is 2.06. The summed E-state index contributed by atoms with van der Waals surface area (Å²) >= 11 is 6.33. The molecule has 0 aliphatic heterocycles. The van der Waals surface area contributed by atoms with Gasteiger partial charge in [-0.1, -0.05) is 50.1 Å². The van der Waals surface area contributed by atoms with Crippen molar-refractivity contribution in [2.24, 2.45) is 5.92 Å². The van der Waals surface area contributed by atoms with E-state index in [1.165, 1.54) is 19.3 Å². The molecule has 104 valence electrons. The molecule has 1 fully saturated rings. The SMILES string of the molecule is CC1CCCCC1N(C)C(=O)C(Cl)c1ccccc1. The van der Waals surface area contributed by atoms with Crippen LogP contribution in [0.4, 0.5) is 0 Å². The summed E-state index contributed by atoms with van der Waals surface area (Å²) in [5.74, 6) is 0.592. The minimum Gasteiger partial charge on any atom is -0.341 e. The van der Waals surface area contributed by atoms with Gasteiger partial charge in [-0.2, -0.15) is 0 Å². The van der Waals surface area contributed by atoms with Crippen molar-refractivity contribution in [2.75, 3.05) is 7.05 Å². The topological polar surface area (TPSA) is 20.3 Å². The summed E-state index contributed by atoms with van der Waals surface area (Å²) in [7, 11) is 1.90. The Morgan fingerprint density at radius 2 is 1.89 bits per heavy atom. The van der Waals surface area contributed by atoms with E-state index in [0.29, 0.717) is 12.0 Å². The lowest BCUT2D eigenvalue weighted by Crippen LogP contribution is -2.43. The highest BCUT2D eigenvalue weighted by Crippen LogP contribution is 2.30. The van der Waals surface area contributed by atoms with Crippen LogP contribution in [0.1, 0.15) is 43.5 Å². The summed E-state index contributed by atoms with van der Waals surface area (Å²) in [6.07, 6.45) is 4.80. The quantitative estimate of drug-likeness (QED) is 0.766. The van der Waals surface area contributed by atoms with Gasteiger partial charge in [-0.05, 0) is 24.3 Å². The normalized spacial score (nSPS) is 24.8. The number of hydrogen-bond donors (Lipinski definition) is 0. The zero-order valence-electron chi connectivity index (χ0n) is 11.7. The fourth-order valence-electron chi connectivity index (χ4n) is 2.98. The van der Waals surface area contributed by atoms with Crippen molar-refractivity contribution in [1.82, 2.24) is 4.90 Å². The molecule has 2 nitrogen and oxygen atoms in total. The van der Waals surface area contributed by atoms with E-state index in [2.05, 4.69) is 6.92 Å². The molecule has 0 N–H and O–H groups in total. The molecule has 1 aliphatic carbocycles. The highest BCUT2D eigenvalue weighted by Gasteiger charge is 2.31. The van der Waals surface area contributed by atoms with Gasteiger partial charge in [-0.25, -0.2) is 0 Å². The van der Waals surface area contributed by atoms with E-state index in [9.17, 15) is 4.79 Å². The van der Waals surface area contributed by atoms with Crippen LogP contribution in [0.15, 0.2) is 30.3 Å². The molecule has 3 heteroatoms. The highest BCUT2D eigenvalue weighted by molar-refractivity contribution is 6.30. The van der Waals surface area contributed by atoms with Gasteiger partial charge in [0.25, 0.3) is 0 Å². The fraction of sp³-hybridized carbons (Fsp3) is 0.562. The maximum atomic E-state index is 12.5. The fourth-order valence-corrected chi connectivity index (χ4v) is 3.28. The summed E-state index contributed by atoms with van der Waals surface area (Å²) in [6, 6.07) is 9.93. The van der Waals surface area contributed by atoms with Gasteiger partial charge >= 0.3 is 0 Å². The third-order valence-corrected chi connectivity index (χ3v) is 4.66. The molecule has 1 aromatic rings. The Morgan fingerprint density at radius 1 is 1.26 bits per heavy atom. The number of alkyl halides is 1. The van der Waals surface area contributed by atoms with E-state index >= 15 is 0 Å². The molecule has 2 rings (SSSR count). The number of hydrogen-bond acceptors (Lipinski definition) is 1. The van der Waals surface area contributed by atoms with Crippen molar-refractivity contribution in [3.05, 3.63) is 35.9 Å². The molecule has 0 radical (unpaired) electrons. The van der Waals surface area contributed by atoms with Gasteiger partial charge < -0.3 is 4.90 Å². The minimum atomic E-state index is -0.569. The number of likely N-dealkylation sites (N-methyl/N-ethyl adjacent to an activating group) is 1. The van der Waals surface area contributed by atoms with Crippen molar-refractivity contribution in [1.29, 1.82) is 0 Å². The Morgan fingerprint density at radius 3 is 2.53 bits per heavy atom. The summed E-state index contributed by atoms with van der Waals surface area (Å²) in [6.45, 7) is 2.24. The molecular formula is C16H22ClNO. The monoisotopic (exact) mass is 279 g/mol. The zero-order valence-corrected chi connectivity index (χ0v) is 12.4. The van der Waals surface area contributed by atoms with Gasteiger partial charge in [0.15, 0.2) is 0 Å². The van der Waals surface area contributed by atoms with Gasteiger partial charge in [0.05, 0.1) is 0 Å². The number of benzene rings is 1. The van der Waals surface area contributed by atoms with E-state index in [4.69, 9.17) is 11.6 Å². The van der Waals surface area contributed by atoms with E-state index in [1.807, 2.05) is 42.3 Å². The molecular weight excluding hydrogens is 258 g/mol. The second kappa shape index (κ2) is 6.42. The molecule has 1 amide bonds. The third kappa shape index (κ3) is 3.30. The molecule has 1 aromatic carbocycles. The summed E-state index contributed by atoms with van der Waals surface area (Å²) in [5, 5.41) is -0.569. The maximum Gasteiger partial charge on any atom is 0.245 e. The average molecular weight is 280 g/mol. The van der Waals surface area contributed by atoms with Crippen LogP contribution < -0.4 is 0 Å².